The number of hydrogen-bond acceptors (Lipinski definition) is 3. The molecule has 33 heavy (non-hydrogen) atoms. The summed E-state index contributed by atoms with van der Waals surface area (Å²) >= 11 is 0. The number of ether oxygens (including phenoxy) is 3. The fourth-order valence-electron chi connectivity index (χ4n) is 8.06. The van der Waals surface area contributed by atoms with Crippen LogP contribution in [0.5, 0.6) is 0 Å². The van der Waals surface area contributed by atoms with Gasteiger partial charge in [-0.05, 0) is 87.9 Å². The molecule has 0 amide bonds. The number of alkyl halides is 3. The standard InChI is InChI=1S/C27H43F3O3/c1-18-3-5-20(6-4-18)21-7-9-22(10-8-21)25-11-13-26(14-12-25,24(28)27(25,29)30)33-17-23-31-15-19(2)16-32-23/h18-24H,3-17H2,1-2H3. The molecule has 190 valence electrons. The highest BCUT2D eigenvalue weighted by Gasteiger charge is 2.74. The molecule has 0 aromatic carbocycles. The van der Waals surface area contributed by atoms with Crippen molar-refractivity contribution < 1.29 is 27.4 Å². The molecule has 0 radical (unpaired) electrons. The second kappa shape index (κ2) is 9.28. The third-order valence-electron chi connectivity index (χ3n) is 10.4. The topological polar surface area (TPSA) is 27.7 Å². The van der Waals surface area contributed by atoms with Crippen LogP contribution < -0.4 is 0 Å². The van der Waals surface area contributed by atoms with Crippen molar-refractivity contribution in [1.29, 1.82) is 0 Å². The van der Waals surface area contributed by atoms with Crippen LogP contribution in [0.15, 0.2) is 0 Å². The van der Waals surface area contributed by atoms with E-state index in [0.717, 1.165) is 37.5 Å². The summed E-state index contributed by atoms with van der Waals surface area (Å²) in [5.74, 6) is -0.783. The Morgan fingerprint density at radius 2 is 1.30 bits per heavy atom. The first kappa shape index (κ1) is 24.4. The number of fused-ring (bicyclic) bond motifs is 3. The molecule has 6 aliphatic rings. The van der Waals surface area contributed by atoms with Crippen LogP contribution in [0.2, 0.25) is 0 Å². The van der Waals surface area contributed by atoms with Gasteiger partial charge in [-0.3, -0.25) is 0 Å². The maximum atomic E-state index is 15.8. The number of rotatable bonds is 5. The van der Waals surface area contributed by atoms with Gasteiger partial charge in [0.15, 0.2) is 12.5 Å². The molecule has 1 atom stereocenters. The lowest BCUT2D eigenvalue weighted by atomic mass is 9.48. The first-order chi connectivity index (χ1) is 15.8. The highest BCUT2D eigenvalue weighted by Crippen LogP contribution is 2.67. The maximum Gasteiger partial charge on any atom is 0.287 e. The minimum Gasteiger partial charge on any atom is -0.366 e. The van der Waals surface area contributed by atoms with Crippen LogP contribution in [-0.4, -0.2) is 43.8 Å². The van der Waals surface area contributed by atoms with Crippen molar-refractivity contribution in [1.82, 2.24) is 0 Å². The third kappa shape index (κ3) is 4.28. The molecule has 0 spiro atoms. The minimum atomic E-state index is -3.33. The van der Waals surface area contributed by atoms with E-state index in [9.17, 15) is 0 Å². The van der Waals surface area contributed by atoms with Gasteiger partial charge in [-0.2, -0.15) is 0 Å². The third-order valence-corrected chi connectivity index (χ3v) is 10.4. The van der Waals surface area contributed by atoms with E-state index in [2.05, 4.69) is 6.92 Å². The van der Waals surface area contributed by atoms with Crippen LogP contribution in [0.3, 0.4) is 0 Å². The summed E-state index contributed by atoms with van der Waals surface area (Å²) in [6.45, 7) is 5.51. The molecule has 1 heterocycles. The normalized spacial score (nSPS) is 50.3. The lowest BCUT2D eigenvalue weighted by molar-refractivity contribution is -0.328. The Morgan fingerprint density at radius 1 is 0.758 bits per heavy atom. The van der Waals surface area contributed by atoms with Crippen LogP contribution >= 0.6 is 0 Å². The van der Waals surface area contributed by atoms with Gasteiger partial charge in [0.2, 0.25) is 0 Å². The summed E-state index contributed by atoms with van der Waals surface area (Å²) in [6, 6.07) is 0. The lowest BCUT2D eigenvalue weighted by Gasteiger charge is -2.62. The fourth-order valence-corrected chi connectivity index (χ4v) is 8.06. The number of halogens is 3. The van der Waals surface area contributed by atoms with E-state index in [-0.39, 0.29) is 12.5 Å². The van der Waals surface area contributed by atoms with Crippen molar-refractivity contribution >= 4 is 0 Å². The summed E-state index contributed by atoms with van der Waals surface area (Å²) < 4.78 is 64.2. The van der Waals surface area contributed by atoms with Crippen LogP contribution in [0.1, 0.15) is 90.9 Å². The molecule has 6 fully saturated rings. The van der Waals surface area contributed by atoms with Gasteiger partial charge in [0.05, 0.1) is 19.8 Å². The van der Waals surface area contributed by atoms with Gasteiger partial charge in [-0.15, -0.1) is 0 Å². The van der Waals surface area contributed by atoms with E-state index in [1.807, 2.05) is 6.92 Å². The van der Waals surface area contributed by atoms with Gasteiger partial charge in [-0.1, -0.05) is 26.7 Å². The molecule has 3 nitrogen and oxygen atoms in total. The predicted octanol–water partition coefficient (Wildman–Crippen LogP) is 6.93. The molecule has 1 saturated heterocycles. The van der Waals surface area contributed by atoms with Gasteiger partial charge >= 0.3 is 0 Å². The molecule has 2 bridgehead atoms. The summed E-state index contributed by atoms with van der Waals surface area (Å²) in [5, 5.41) is 0. The van der Waals surface area contributed by atoms with Crippen molar-refractivity contribution in [3.63, 3.8) is 0 Å². The fraction of sp³-hybridized carbons (Fsp3) is 1.00. The van der Waals surface area contributed by atoms with Crippen molar-refractivity contribution in [2.24, 2.45) is 35.0 Å². The molecule has 0 aromatic rings. The molecule has 0 N–H and O–H groups in total. The second-order valence-electron chi connectivity index (χ2n) is 12.4. The molecule has 6 rings (SSSR count). The zero-order valence-corrected chi connectivity index (χ0v) is 20.5. The number of hydrogen-bond donors (Lipinski definition) is 0. The maximum absolute atomic E-state index is 15.8. The molecule has 1 unspecified atom stereocenters. The second-order valence-corrected chi connectivity index (χ2v) is 12.4. The van der Waals surface area contributed by atoms with Crippen molar-refractivity contribution in [3.8, 4) is 0 Å². The molecule has 1 aliphatic heterocycles. The molecule has 5 saturated carbocycles. The summed E-state index contributed by atoms with van der Waals surface area (Å²) in [5.41, 5.74) is -2.58. The van der Waals surface area contributed by atoms with E-state index in [1.54, 1.807) is 0 Å². The Kier molecular flexibility index (Phi) is 6.85. The average Bonchev–Trinajstić information content (AvgIpc) is 2.83. The summed E-state index contributed by atoms with van der Waals surface area (Å²) in [7, 11) is 0. The Bertz CT molecular complexity index is 654. The van der Waals surface area contributed by atoms with E-state index in [4.69, 9.17) is 14.2 Å². The van der Waals surface area contributed by atoms with E-state index < -0.39 is 29.4 Å². The van der Waals surface area contributed by atoms with Crippen LogP contribution in [0.4, 0.5) is 13.2 Å². The molecule has 0 aromatic heterocycles. The van der Waals surface area contributed by atoms with Crippen LogP contribution in [0.25, 0.3) is 0 Å². The van der Waals surface area contributed by atoms with Gasteiger partial charge in [0, 0.05) is 11.3 Å². The van der Waals surface area contributed by atoms with E-state index in [1.165, 1.54) is 25.7 Å². The zero-order valence-electron chi connectivity index (χ0n) is 20.5. The average molecular weight is 473 g/mol. The van der Waals surface area contributed by atoms with Gasteiger partial charge in [0.1, 0.15) is 5.60 Å². The van der Waals surface area contributed by atoms with Crippen molar-refractivity contribution in [3.05, 3.63) is 0 Å². The monoisotopic (exact) mass is 472 g/mol. The SMILES string of the molecule is CC1CCC(C2CCC(C34CCC(OCC5OCC(C)CO5)(CC3)C(F)C4(F)F)CC2)CC1. The molecular formula is C27H43F3O3. The highest BCUT2D eigenvalue weighted by atomic mass is 19.3. The molecular weight excluding hydrogens is 429 g/mol. The first-order valence-corrected chi connectivity index (χ1v) is 13.6. The Morgan fingerprint density at radius 3 is 1.88 bits per heavy atom. The Labute approximate surface area is 197 Å². The Hall–Kier alpha value is -0.330. The summed E-state index contributed by atoms with van der Waals surface area (Å²) in [4.78, 5) is 0. The lowest BCUT2D eigenvalue weighted by Crippen LogP contribution is -2.70. The minimum absolute atomic E-state index is 0.0291. The van der Waals surface area contributed by atoms with Crippen molar-refractivity contribution in [2.45, 2.75) is 115 Å². The smallest absolute Gasteiger partial charge is 0.287 e. The van der Waals surface area contributed by atoms with Crippen LogP contribution in [-0.2, 0) is 14.2 Å². The first-order valence-electron chi connectivity index (χ1n) is 13.6. The van der Waals surface area contributed by atoms with Gasteiger partial charge < -0.3 is 14.2 Å². The largest absolute Gasteiger partial charge is 0.366 e. The molecule has 6 heteroatoms. The van der Waals surface area contributed by atoms with Crippen molar-refractivity contribution in [2.75, 3.05) is 19.8 Å². The quantitative estimate of drug-likeness (QED) is 0.434. The molecule has 5 aliphatic carbocycles. The summed E-state index contributed by atoms with van der Waals surface area (Å²) in [6.07, 6.45) is 7.71. The van der Waals surface area contributed by atoms with Crippen LogP contribution in [0, 0.1) is 35.0 Å². The highest BCUT2D eigenvalue weighted by molar-refractivity contribution is 5.17. The van der Waals surface area contributed by atoms with Gasteiger partial charge in [0.25, 0.3) is 5.92 Å². The Balaban J connectivity index is 1.20. The predicted molar refractivity (Wildman–Crippen MR) is 121 cm³/mol. The van der Waals surface area contributed by atoms with E-state index >= 15 is 13.2 Å². The van der Waals surface area contributed by atoms with E-state index in [0.29, 0.717) is 50.7 Å². The van der Waals surface area contributed by atoms with Gasteiger partial charge in [-0.25, -0.2) is 13.2 Å². The zero-order chi connectivity index (χ0) is 23.3.